The molecule has 0 unspecified atom stereocenters. The third-order valence-electron chi connectivity index (χ3n) is 3.38. The van der Waals surface area contributed by atoms with Crippen molar-refractivity contribution >= 4 is 5.91 Å². The van der Waals surface area contributed by atoms with Crippen LogP contribution in [0.1, 0.15) is 39.7 Å². The van der Waals surface area contributed by atoms with Crippen molar-refractivity contribution in [2.24, 2.45) is 0 Å². The average molecular weight is 251 g/mol. The van der Waals surface area contributed by atoms with E-state index in [1.807, 2.05) is 25.7 Å². The topological polar surface area (TPSA) is 47.2 Å². The quantitative estimate of drug-likeness (QED) is 0.790. The van der Waals surface area contributed by atoms with Gasteiger partial charge < -0.3 is 4.90 Å². The SMILES string of the molecule is CCN(C(=O)Cn1ccn(C(C)C)c1=O)C1CC1. The van der Waals surface area contributed by atoms with Gasteiger partial charge in [0.15, 0.2) is 0 Å². The molecule has 0 atom stereocenters. The highest BCUT2D eigenvalue weighted by Crippen LogP contribution is 2.26. The summed E-state index contributed by atoms with van der Waals surface area (Å²) in [5.41, 5.74) is -0.106. The summed E-state index contributed by atoms with van der Waals surface area (Å²) >= 11 is 0. The number of likely N-dealkylation sites (N-methyl/N-ethyl adjacent to an activating group) is 1. The molecule has 100 valence electrons. The van der Waals surface area contributed by atoms with Crippen LogP contribution in [0.4, 0.5) is 0 Å². The van der Waals surface area contributed by atoms with Crippen molar-refractivity contribution in [2.45, 2.75) is 52.2 Å². The van der Waals surface area contributed by atoms with Gasteiger partial charge in [0.05, 0.1) is 0 Å². The summed E-state index contributed by atoms with van der Waals surface area (Å²) in [5.74, 6) is 0.0450. The summed E-state index contributed by atoms with van der Waals surface area (Å²) in [7, 11) is 0. The lowest BCUT2D eigenvalue weighted by Gasteiger charge is -2.20. The van der Waals surface area contributed by atoms with Gasteiger partial charge >= 0.3 is 5.69 Å². The van der Waals surface area contributed by atoms with Gasteiger partial charge in [-0.15, -0.1) is 0 Å². The first-order chi connectivity index (χ1) is 8.54. The van der Waals surface area contributed by atoms with Gasteiger partial charge in [0.1, 0.15) is 6.54 Å². The fourth-order valence-electron chi connectivity index (χ4n) is 2.20. The van der Waals surface area contributed by atoms with Crippen molar-refractivity contribution in [2.75, 3.05) is 6.54 Å². The minimum Gasteiger partial charge on any atom is -0.338 e. The molecule has 0 aliphatic heterocycles. The van der Waals surface area contributed by atoms with Gasteiger partial charge in [0.25, 0.3) is 0 Å². The third kappa shape index (κ3) is 2.49. The zero-order valence-electron chi connectivity index (χ0n) is 11.3. The zero-order valence-corrected chi connectivity index (χ0v) is 11.3. The fraction of sp³-hybridized carbons (Fsp3) is 0.692. The number of amides is 1. The molecule has 0 spiro atoms. The summed E-state index contributed by atoms with van der Waals surface area (Å²) in [5, 5.41) is 0. The summed E-state index contributed by atoms with van der Waals surface area (Å²) < 4.78 is 3.13. The van der Waals surface area contributed by atoms with E-state index in [2.05, 4.69) is 0 Å². The average Bonchev–Trinajstić information content (AvgIpc) is 3.06. The molecular formula is C13H21N3O2. The van der Waals surface area contributed by atoms with E-state index in [4.69, 9.17) is 0 Å². The van der Waals surface area contributed by atoms with E-state index in [-0.39, 0.29) is 24.2 Å². The number of imidazole rings is 1. The molecule has 1 aliphatic rings. The molecule has 1 aromatic rings. The Kier molecular flexibility index (Phi) is 3.59. The predicted octanol–water partition coefficient (Wildman–Crippen LogP) is 1.24. The molecule has 0 saturated heterocycles. The smallest absolute Gasteiger partial charge is 0.328 e. The Hall–Kier alpha value is -1.52. The van der Waals surface area contributed by atoms with Crippen LogP contribution in [-0.2, 0) is 11.3 Å². The maximum atomic E-state index is 12.1. The first-order valence-corrected chi connectivity index (χ1v) is 6.61. The summed E-state index contributed by atoms with van der Waals surface area (Å²) in [6.45, 7) is 6.77. The molecule has 1 saturated carbocycles. The van der Waals surface area contributed by atoms with Gasteiger partial charge in [-0.25, -0.2) is 4.79 Å². The highest BCUT2D eigenvalue weighted by atomic mass is 16.2. The van der Waals surface area contributed by atoms with Crippen LogP contribution in [0.25, 0.3) is 0 Å². The number of carbonyl (C=O) groups excluding carboxylic acids is 1. The van der Waals surface area contributed by atoms with Crippen molar-refractivity contribution in [3.63, 3.8) is 0 Å². The van der Waals surface area contributed by atoms with E-state index >= 15 is 0 Å². The molecule has 1 amide bonds. The largest absolute Gasteiger partial charge is 0.338 e. The molecule has 0 N–H and O–H groups in total. The minimum absolute atomic E-state index is 0.0450. The van der Waals surface area contributed by atoms with Crippen LogP contribution >= 0.6 is 0 Å². The lowest BCUT2D eigenvalue weighted by molar-refractivity contribution is -0.132. The second kappa shape index (κ2) is 5.00. The molecule has 5 nitrogen and oxygen atoms in total. The van der Waals surface area contributed by atoms with Gasteiger partial charge in [-0.1, -0.05) is 0 Å². The molecular weight excluding hydrogens is 230 g/mol. The summed E-state index contributed by atoms with van der Waals surface area (Å²) in [6.07, 6.45) is 5.64. The monoisotopic (exact) mass is 251 g/mol. The first-order valence-electron chi connectivity index (χ1n) is 6.61. The zero-order chi connectivity index (χ0) is 13.3. The van der Waals surface area contributed by atoms with Crippen molar-refractivity contribution in [1.82, 2.24) is 14.0 Å². The van der Waals surface area contributed by atoms with E-state index in [9.17, 15) is 9.59 Å². The Labute approximate surface area is 107 Å². The van der Waals surface area contributed by atoms with Crippen molar-refractivity contribution in [3.05, 3.63) is 22.9 Å². The molecule has 0 radical (unpaired) electrons. The van der Waals surface area contributed by atoms with Gasteiger partial charge in [-0.2, -0.15) is 0 Å². The fourth-order valence-corrected chi connectivity index (χ4v) is 2.20. The molecule has 0 aromatic carbocycles. The Balaban J connectivity index is 2.09. The molecule has 18 heavy (non-hydrogen) atoms. The van der Waals surface area contributed by atoms with Gasteiger partial charge in [0.2, 0.25) is 5.91 Å². The molecule has 0 bridgehead atoms. The number of rotatable bonds is 5. The Morgan fingerprint density at radius 2 is 2.11 bits per heavy atom. The molecule has 1 aliphatic carbocycles. The van der Waals surface area contributed by atoms with Crippen LogP contribution in [0.2, 0.25) is 0 Å². The van der Waals surface area contributed by atoms with E-state index < -0.39 is 0 Å². The maximum absolute atomic E-state index is 12.1. The summed E-state index contributed by atoms with van der Waals surface area (Å²) in [4.78, 5) is 26.0. The Bertz CT molecular complexity index is 483. The van der Waals surface area contributed by atoms with Crippen molar-refractivity contribution in [1.29, 1.82) is 0 Å². The normalized spacial score (nSPS) is 15.1. The van der Waals surface area contributed by atoms with Crippen LogP contribution in [0.5, 0.6) is 0 Å². The lowest BCUT2D eigenvalue weighted by Crippen LogP contribution is -2.38. The van der Waals surface area contributed by atoms with E-state index in [1.54, 1.807) is 17.0 Å². The van der Waals surface area contributed by atoms with E-state index in [1.165, 1.54) is 4.57 Å². The van der Waals surface area contributed by atoms with Crippen LogP contribution in [0, 0.1) is 0 Å². The number of aromatic nitrogens is 2. The first kappa shape index (κ1) is 12.9. The van der Waals surface area contributed by atoms with E-state index in [0.29, 0.717) is 6.04 Å². The van der Waals surface area contributed by atoms with Crippen LogP contribution < -0.4 is 5.69 Å². The molecule has 1 aromatic heterocycles. The second-order valence-electron chi connectivity index (χ2n) is 5.12. The molecule has 5 heteroatoms. The highest BCUT2D eigenvalue weighted by Gasteiger charge is 2.31. The number of hydrogen-bond acceptors (Lipinski definition) is 2. The Morgan fingerprint density at radius 3 is 2.56 bits per heavy atom. The second-order valence-corrected chi connectivity index (χ2v) is 5.12. The van der Waals surface area contributed by atoms with Crippen LogP contribution in [0.15, 0.2) is 17.2 Å². The number of nitrogens with zero attached hydrogens (tertiary/aromatic N) is 3. The van der Waals surface area contributed by atoms with Gasteiger partial charge in [-0.05, 0) is 33.6 Å². The minimum atomic E-state index is -0.106. The van der Waals surface area contributed by atoms with E-state index in [0.717, 1.165) is 19.4 Å². The number of carbonyl (C=O) groups is 1. The lowest BCUT2D eigenvalue weighted by atomic mass is 10.4. The Morgan fingerprint density at radius 1 is 1.44 bits per heavy atom. The van der Waals surface area contributed by atoms with Crippen molar-refractivity contribution in [3.8, 4) is 0 Å². The van der Waals surface area contributed by atoms with Gasteiger partial charge in [0, 0.05) is 31.0 Å². The molecule has 1 heterocycles. The number of hydrogen-bond donors (Lipinski definition) is 0. The predicted molar refractivity (Wildman–Crippen MR) is 69.5 cm³/mol. The van der Waals surface area contributed by atoms with Crippen molar-refractivity contribution < 1.29 is 4.79 Å². The molecule has 1 fully saturated rings. The molecule has 2 rings (SSSR count). The summed E-state index contributed by atoms with van der Waals surface area (Å²) in [6, 6.07) is 0.532. The standard InChI is InChI=1S/C13H21N3O2/c1-4-15(11-5-6-11)12(17)9-14-7-8-16(10(2)3)13(14)18/h7-8,10-11H,4-6,9H2,1-3H3. The maximum Gasteiger partial charge on any atom is 0.328 e. The highest BCUT2D eigenvalue weighted by molar-refractivity contribution is 5.76. The van der Waals surface area contributed by atoms with Crippen LogP contribution in [0.3, 0.4) is 0 Å². The van der Waals surface area contributed by atoms with Crippen LogP contribution in [-0.4, -0.2) is 32.5 Å². The third-order valence-corrected chi connectivity index (χ3v) is 3.38. The van der Waals surface area contributed by atoms with Gasteiger partial charge in [-0.3, -0.25) is 13.9 Å².